The highest BCUT2D eigenvalue weighted by Crippen LogP contribution is 2.20. The topological polar surface area (TPSA) is 20.3 Å². The molecule has 0 aliphatic carbocycles. The van der Waals surface area contributed by atoms with Crippen LogP contribution in [0.5, 0.6) is 0 Å². The Morgan fingerprint density at radius 2 is 1.15 bits per heavy atom. The fraction of sp³-hybridized carbons (Fsp3) is 0.944. The Bertz CT molecular complexity index is 189. The molecule has 2 nitrogen and oxygen atoms in total. The van der Waals surface area contributed by atoms with E-state index in [2.05, 4.69) is 32.6 Å². The zero-order valence-corrected chi connectivity index (χ0v) is 14.4. The molecule has 0 saturated heterocycles. The zero-order valence-electron chi connectivity index (χ0n) is 14.4. The third-order valence-electron chi connectivity index (χ3n) is 4.04. The summed E-state index contributed by atoms with van der Waals surface area (Å²) in [5.41, 5.74) is 0. The Labute approximate surface area is 127 Å². The molecule has 0 atom stereocenters. The molecule has 0 aliphatic heterocycles. The van der Waals surface area contributed by atoms with Gasteiger partial charge in [-0.2, -0.15) is 0 Å². The quantitative estimate of drug-likeness (QED) is 0.442. The van der Waals surface area contributed by atoms with Gasteiger partial charge < -0.3 is 4.90 Å². The van der Waals surface area contributed by atoms with E-state index in [0.717, 1.165) is 38.8 Å². The fourth-order valence-corrected chi connectivity index (χ4v) is 2.58. The van der Waals surface area contributed by atoms with Gasteiger partial charge in [0.2, 0.25) is 5.91 Å². The van der Waals surface area contributed by atoms with Crippen molar-refractivity contribution in [3.8, 4) is 0 Å². The van der Waals surface area contributed by atoms with Crippen LogP contribution in [0.1, 0.15) is 91.9 Å². The lowest BCUT2D eigenvalue weighted by molar-refractivity contribution is -0.136. The van der Waals surface area contributed by atoms with Gasteiger partial charge in [0.1, 0.15) is 0 Å². The first kappa shape index (κ1) is 19.5. The molecule has 120 valence electrons. The van der Waals surface area contributed by atoms with Gasteiger partial charge in [0, 0.05) is 19.0 Å². The van der Waals surface area contributed by atoms with E-state index in [1.54, 1.807) is 0 Å². The molecular weight excluding hydrogens is 246 g/mol. The summed E-state index contributed by atoms with van der Waals surface area (Å²) in [6.45, 7) is 10.8. The molecule has 0 aromatic rings. The van der Waals surface area contributed by atoms with E-state index < -0.39 is 0 Å². The highest BCUT2D eigenvalue weighted by Gasteiger charge is 2.22. The number of carbonyl (C=O) groups excluding carboxylic acids is 1. The Balaban J connectivity index is 4.54. The van der Waals surface area contributed by atoms with E-state index in [0.29, 0.717) is 5.91 Å². The van der Waals surface area contributed by atoms with E-state index in [4.69, 9.17) is 0 Å². The van der Waals surface area contributed by atoms with Crippen LogP contribution in [0.15, 0.2) is 0 Å². The van der Waals surface area contributed by atoms with Gasteiger partial charge in [-0.15, -0.1) is 0 Å². The van der Waals surface area contributed by atoms with Gasteiger partial charge in [-0.05, 0) is 25.7 Å². The molecule has 0 radical (unpaired) electrons. The molecule has 0 saturated carbocycles. The van der Waals surface area contributed by atoms with Crippen LogP contribution < -0.4 is 0 Å². The molecule has 0 fully saturated rings. The van der Waals surface area contributed by atoms with Gasteiger partial charge in [-0.25, -0.2) is 0 Å². The maximum Gasteiger partial charge on any atom is 0.225 e. The normalized spacial score (nSPS) is 11.1. The Morgan fingerprint density at radius 1 is 0.750 bits per heavy atom. The first-order valence-corrected chi connectivity index (χ1v) is 8.99. The smallest absolute Gasteiger partial charge is 0.225 e. The molecule has 0 aromatic carbocycles. The van der Waals surface area contributed by atoms with E-state index in [-0.39, 0.29) is 5.92 Å². The number of hydrogen-bond acceptors (Lipinski definition) is 1. The minimum atomic E-state index is 0.281. The summed E-state index contributed by atoms with van der Waals surface area (Å²) < 4.78 is 0. The number of carbonyl (C=O) groups is 1. The monoisotopic (exact) mass is 283 g/mol. The molecule has 0 bridgehead atoms. The van der Waals surface area contributed by atoms with Gasteiger partial charge in [-0.1, -0.05) is 66.2 Å². The van der Waals surface area contributed by atoms with Crippen molar-refractivity contribution < 1.29 is 4.79 Å². The number of rotatable bonds is 13. The highest BCUT2D eigenvalue weighted by atomic mass is 16.2. The van der Waals surface area contributed by atoms with Gasteiger partial charge in [0.05, 0.1) is 0 Å². The second-order valence-corrected chi connectivity index (χ2v) is 6.01. The fourth-order valence-electron chi connectivity index (χ4n) is 2.58. The van der Waals surface area contributed by atoms with Crippen molar-refractivity contribution in [2.24, 2.45) is 5.92 Å². The predicted molar refractivity (Wildman–Crippen MR) is 88.9 cm³/mol. The van der Waals surface area contributed by atoms with Crippen molar-refractivity contribution in [3.63, 3.8) is 0 Å². The average molecular weight is 284 g/mol. The van der Waals surface area contributed by atoms with E-state index in [9.17, 15) is 4.79 Å². The number of unbranched alkanes of at least 4 members (excludes halogenated alkanes) is 4. The van der Waals surface area contributed by atoms with E-state index >= 15 is 0 Å². The summed E-state index contributed by atoms with van der Waals surface area (Å²) in [4.78, 5) is 14.9. The highest BCUT2D eigenvalue weighted by molar-refractivity contribution is 5.78. The van der Waals surface area contributed by atoms with Crippen LogP contribution >= 0.6 is 0 Å². The lowest BCUT2D eigenvalue weighted by atomic mass is 9.94. The third kappa shape index (κ3) is 8.60. The van der Waals surface area contributed by atoms with Crippen LogP contribution in [0.25, 0.3) is 0 Å². The molecule has 2 heteroatoms. The maximum atomic E-state index is 12.8. The van der Waals surface area contributed by atoms with Gasteiger partial charge in [0.15, 0.2) is 0 Å². The van der Waals surface area contributed by atoms with Crippen molar-refractivity contribution >= 4 is 5.91 Å². The minimum Gasteiger partial charge on any atom is -0.342 e. The van der Waals surface area contributed by atoms with E-state index in [1.165, 1.54) is 38.5 Å². The minimum absolute atomic E-state index is 0.281. The Hall–Kier alpha value is -0.530. The Kier molecular flexibility index (Phi) is 13.1. The van der Waals surface area contributed by atoms with Crippen LogP contribution in [0.4, 0.5) is 0 Å². The molecule has 0 heterocycles. The number of nitrogens with zero attached hydrogens (tertiary/aromatic N) is 1. The molecule has 0 aromatic heterocycles. The van der Waals surface area contributed by atoms with Crippen molar-refractivity contribution in [2.75, 3.05) is 13.1 Å². The van der Waals surface area contributed by atoms with Crippen LogP contribution in [0, 0.1) is 5.92 Å². The molecule has 1 amide bonds. The first-order chi connectivity index (χ1) is 9.71. The second-order valence-electron chi connectivity index (χ2n) is 6.01. The molecule has 0 aliphatic rings. The number of amides is 1. The standard InChI is InChI=1S/C18H37NO/c1-5-9-13-17(14-10-6-2)18(20)19(15-11-7-3)16-12-8-4/h17H,5-16H2,1-4H3. The van der Waals surface area contributed by atoms with Gasteiger partial charge >= 0.3 is 0 Å². The van der Waals surface area contributed by atoms with Crippen molar-refractivity contribution in [1.82, 2.24) is 4.90 Å². The SMILES string of the molecule is CCCCC(CCCC)C(=O)N(CCCC)CCCC. The molecule has 20 heavy (non-hydrogen) atoms. The first-order valence-electron chi connectivity index (χ1n) is 8.99. The molecule has 0 N–H and O–H groups in total. The maximum absolute atomic E-state index is 12.8. The zero-order chi connectivity index (χ0) is 15.2. The summed E-state index contributed by atoms with van der Waals surface area (Å²) >= 11 is 0. The summed E-state index contributed by atoms with van der Waals surface area (Å²) in [5, 5.41) is 0. The number of hydrogen-bond donors (Lipinski definition) is 0. The van der Waals surface area contributed by atoms with Crippen LogP contribution in [-0.4, -0.2) is 23.9 Å². The molecule has 0 unspecified atom stereocenters. The van der Waals surface area contributed by atoms with Crippen molar-refractivity contribution in [3.05, 3.63) is 0 Å². The average Bonchev–Trinajstić information content (AvgIpc) is 2.47. The van der Waals surface area contributed by atoms with Crippen LogP contribution in [-0.2, 0) is 4.79 Å². The van der Waals surface area contributed by atoms with Gasteiger partial charge in [-0.3, -0.25) is 4.79 Å². The van der Waals surface area contributed by atoms with E-state index in [1.807, 2.05) is 0 Å². The summed E-state index contributed by atoms with van der Waals surface area (Å²) in [7, 11) is 0. The Morgan fingerprint density at radius 3 is 1.50 bits per heavy atom. The summed E-state index contributed by atoms with van der Waals surface area (Å²) in [5.74, 6) is 0.720. The molecular formula is C18H37NO. The van der Waals surface area contributed by atoms with Crippen molar-refractivity contribution in [1.29, 1.82) is 0 Å². The lowest BCUT2D eigenvalue weighted by Crippen LogP contribution is -2.37. The predicted octanol–water partition coefficient (Wildman–Crippen LogP) is 5.41. The summed E-state index contributed by atoms with van der Waals surface area (Å²) in [6, 6.07) is 0. The lowest BCUT2D eigenvalue weighted by Gasteiger charge is -2.27. The molecule has 0 spiro atoms. The third-order valence-corrected chi connectivity index (χ3v) is 4.04. The second kappa shape index (κ2) is 13.5. The van der Waals surface area contributed by atoms with Crippen LogP contribution in [0.2, 0.25) is 0 Å². The molecule has 0 rings (SSSR count). The van der Waals surface area contributed by atoms with Crippen molar-refractivity contribution in [2.45, 2.75) is 91.9 Å². The summed E-state index contributed by atoms with van der Waals surface area (Å²) in [6.07, 6.45) is 11.6. The van der Waals surface area contributed by atoms with Gasteiger partial charge in [0.25, 0.3) is 0 Å². The largest absolute Gasteiger partial charge is 0.342 e. The van der Waals surface area contributed by atoms with Crippen LogP contribution in [0.3, 0.4) is 0 Å².